The molecule has 1 aromatic heterocycles. The molecular weight excluding hydrogens is 270 g/mol. The summed E-state index contributed by atoms with van der Waals surface area (Å²) in [6, 6.07) is -2.49. The molecule has 1 saturated carbocycles. The van der Waals surface area contributed by atoms with Gasteiger partial charge in [-0.15, -0.1) is 0 Å². The van der Waals surface area contributed by atoms with Crippen molar-refractivity contribution >= 4 is 28.2 Å². The zero-order valence-electron chi connectivity index (χ0n) is 17.7. The van der Waals surface area contributed by atoms with Crippen molar-refractivity contribution in [3.05, 3.63) is 34.3 Å². The second-order valence-electron chi connectivity index (χ2n) is 4.47. The maximum Gasteiger partial charge on any atom is 0.264 e. The van der Waals surface area contributed by atoms with Crippen molar-refractivity contribution in [3.63, 3.8) is 0 Å². The molecule has 2 aromatic rings. The number of anilines is 1. The van der Waals surface area contributed by atoms with Crippen LogP contribution in [0.1, 0.15) is 40.7 Å². The highest BCUT2D eigenvalue weighted by Crippen LogP contribution is 2.24. The van der Waals surface area contributed by atoms with Gasteiger partial charge in [-0.2, -0.15) is 0 Å². The van der Waals surface area contributed by atoms with Crippen LogP contribution in [-0.4, -0.2) is 21.1 Å². The number of nitrogen functional groups attached to an aromatic ring is 1. The third-order valence-electron chi connectivity index (χ3n) is 3.10. The predicted octanol–water partition coefficient (Wildman–Crippen LogP) is 1.15. The highest BCUT2D eigenvalue weighted by Gasteiger charge is 2.30. The normalized spacial score (nSPS) is 34.6. The van der Waals surface area contributed by atoms with Crippen molar-refractivity contribution in [2.75, 3.05) is 5.73 Å². The van der Waals surface area contributed by atoms with E-state index in [9.17, 15) is 14.4 Å². The first-order chi connectivity index (χ1) is 12.9. The van der Waals surface area contributed by atoms with Crippen molar-refractivity contribution in [3.8, 4) is 0 Å². The Bertz CT molecular complexity index is 1090. The molecule has 1 aromatic carbocycles. The Morgan fingerprint density at radius 1 is 1.52 bits per heavy atom. The van der Waals surface area contributed by atoms with E-state index in [0.717, 1.165) is 6.07 Å². The molecule has 1 fully saturated rings. The van der Waals surface area contributed by atoms with Gasteiger partial charge in [0.2, 0.25) is 0 Å². The largest absolute Gasteiger partial charge is 0.398 e. The maximum absolute atomic E-state index is 13.2. The molecule has 2 N–H and O–H groups in total. The number of benzene rings is 1. The van der Waals surface area contributed by atoms with Gasteiger partial charge in [-0.25, -0.2) is 4.98 Å². The highest BCUT2D eigenvalue weighted by atomic mass is 16.2. The van der Waals surface area contributed by atoms with Gasteiger partial charge in [-0.1, -0.05) is 6.07 Å². The van der Waals surface area contributed by atoms with Gasteiger partial charge in [0.25, 0.3) is 5.56 Å². The lowest BCUT2D eigenvalue weighted by atomic mass is 9.92. The minimum atomic E-state index is -2.78. The standard InChI is InChI=1S/C15H15N3O3/c1-8-17-11-4-2-3-10(16)14(11)15(21)18(8)12-6-5-9(19)7-13(12)20/h2-4,12H,5-7,16H2,1H3/i1D2,3D,4D,5D,6D,12D. The molecule has 6 heteroatoms. The molecule has 0 spiro atoms. The fourth-order valence-electron chi connectivity index (χ4n) is 2.14. The Balaban J connectivity index is 2.50. The summed E-state index contributed by atoms with van der Waals surface area (Å²) in [5.41, 5.74) is 3.92. The molecule has 1 aliphatic rings. The molecule has 1 heterocycles. The van der Waals surface area contributed by atoms with E-state index >= 15 is 0 Å². The molecule has 0 radical (unpaired) electrons. The molecule has 0 saturated heterocycles. The van der Waals surface area contributed by atoms with E-state index in [2.05, 4.69) is 4.98 Å². The van der Waals surface area contributed by atoms with Crippen molar-refractivity contribution < 1.29 is 19.2 Å². The van der Waals surface area contributed by atoms with Gasteiger partial charge in [0.15, 0.2) is 5.78 Å². The Kier molecular flexibility index (Phi) is 1.71. The second kappa shape index (κ2) is 4.80. The number of aryl methyl sites for hydroxylation is 1. The summed E-state index contributed by atoms with van der Waals surface area (Å²) in [6.45, 7) is -1.97. The van der Waals surface area contributed by atoms with Crippen molar-refractivity contribution in [1.82, 2.24) is 9.55 Å². The first kappa shape index (κ1) is 7.49. The molecule has 3 atom stereocenters. The van der Waals surface area contributed by atoms with Gasteiger partial charge < -0.3 is 5.73 Å². The number of ketones is 2. The number of fused-ring (bicyclic) bond motifs is 1. The minimum Gasteiger partial charge on any atom is -0.398 e. The molecule has 3 rings (SSSR count). The van der Waals surface area contributed by atoms with Gasteiger partial charge in [-0.05, 0) is 25.4 Å². The van der Waals surface area contributed by atoms with Crippen molar-refractivity contribution in [1.29, 1.82) is 0 Å². The van der Waals surface area contributed by atoms with Gasteiger partial charge in [0.1, 0.15) is 11.6 Å². The third kappa shape index (κ3) is 2.12. The van der Waals surface area contributed by atoms with Crippen LogP contribution in [0.2, 0.25) is 0 Å². The number of hydrogen-bond donors (Lipinski definition) is 1. The zero-order valence-corrected chi connectivity index (χ0v) is 10.7. The van der Waals surface area contributed by atoms with Gasteiger partial charge in [-0.3, -0.25) is 19.0 Å². The maximum atomic E-state index is 13.2. The number of carbonyl (C=O) groups is 2. The van der Waals surface area contributed by atoms with Crippen LogP contribution in [0.3, 0.4) is 0 Å². The summed E-state index contributed by atoms with van der Waals surface area (Å²) in [4.78, 5) is 41.3. The number of aromatic nitrogens is 2. The lowest BCUT2D eigenvalue weighted by Gasteiger charge is -2.24. The van der Waals surface area contributed by atoms with Crippen molar-refractivity contribution in [2.45, 2.75) is 32.1 Å². The summed E-state index contributed by atoms with van der Waals surface area (Å²) in [7, 11) is 0. The quantitative estimate of drug-likeness (QED) is 0.628. The molecule has 21 heavy (non-hydrogen) atoms. The second-order valence-corrected chi connectivity index (χ2v) is 4.47. The fraction of sp³-hybridized carbons (Fsp3) is 0.333. The summed E-state index contributed by atoms with van der Waals surface area (Å²) in [5.74, 6) is -2.70. The molecule has 0 amide bonds. The smallest absolute Gasteiger partial charge is 0.264 e. The highest BCUT2D eigenvalue weighted by molar-refractivity contribution is 6.03. The minimum absolute atomic E-state index is 0.305. The Hall–Kier alpha value is -2.50. The van der Waals surface area contributed by atoms with Crippen LogP contribution in [0.4, 0.5) is 5.69 Å². The molecule has 0 bridgehead atoms. The monoisotopic (exact) mass is 292 g/mol. The van der Waals surface area contributed by atoms with Gasteiger partial charge in [0.05, 0.1) is 27.5 Å². The van der Waals surface area contributed by atoms with E-state index in [1.807, 2.05) is 0 Å². The SMILES string of the molecule is [2H]c1cc([2H])c2nc(C([2H])[2H])n(C3([2H])C(=O)CC(=O)C([2H])C3[2H])c(=O)c2c1N. The van der Waals surface area contributed by atoms with Crippen molar-refractivity contribution in [2.24, 2.45) is 0 Å². The molecule has 1 aliphatic carbocycles. The van der Waals surface area contributed by atoms with Gasteiger partial charge in [0, 0.05) is 17.6 Å². The Morgan fingerprint density at radius 2 is 2.33 bits per heavy atom. The Morgan fingerprint density at radius 3 is 3.10 bits per heavy atom. The van der Waals surface area contributed by atoms with E-state index in [-0.39, 0.29) is 23.3 Å². The van der Waals surface area contributed by atoms with E-state index in [1.165, 1.54) is 0 Å². The van der Waals surface area contributed by atoms with Crippen LogP contribution in [0.5, 0.6) is 0 Å². The zero-order chi connectivity index (χ0) is 21.1. The summed E-state index contributed by atoms with van der Waals surface area (Å²) >= 11 is 0. The number of hydrogen-bond acceptors (Lipinski definition) is 5. The first-order valence-corrected chi connectivity index (χ1v) is 6.00. The van der Waals surface area contributed by atoms with Crippen LogP contribution in [0.25, 0.3) is 10.9 Å². The third-order valence-corrected chi connectivity index (χ3v) is 3.10. The number of carbonyl (C=O) groups excluding carboxylic acids is 2. The van der Waals surface area contributed by atoms with E-state index in [0.29, 0.717) is 4.57 Å². The molecule has 0 aliphatic heterocycles. The summed E-state index contributed by atoms with van der Waals surface area (Å²) in [6.07, 6.45) is -4.64. The van der Waals surface area contributed by atoms with Crippen LogP contribution < -0.4 is 11.3 Å². The van der Waals surface area contributed by atoms with E-state index in [4.69, 9.17) is 15.3 Å². The predicted molar refractivity (Wildman–Crippen MR) is 78.1 cm³/mol. The number of nitrogens with two attached hydrogens (primary N) is 1. The van der Waals surface area contributed by atoms with E-state index < -0.39 is 60.4 Å². The van der Waals surface area contributed by atoms with E-state index in [1.54, 1.807) is 0 Å². The van der Waals surface area contributed by atoms with Crippen LogP contribution >= 0.6 is 0 Å². The number of nitrogens with zero attached hydrogens (tertiary/aromatic N) is 2. The molecule has 108 valence electrons. The van der Waals surface area contributed by atoms with Gasteiger partial charge >= 0.3 is 0 Å². The topological polar surface area (TPSA) is 95.0 Å². The Labute approximate surface area is 130 Å². The fourth-order valence-corrected chi connectivity index (χ4v) is 2.14. The average Bonchev–Trinajstić information content (AvgIpc) is 2.62. The van der Waals surface area contributed by atoms with Crippen LogP contribution in [0.15, 0.2) is 22.9 Å². The lowest BCUT2D eigenvalue weighted by molar-refractivity contribution is -0.132. The van der Waals surface area contributed by atoms with Crippen LogP contribution in [0, 0.1) is 6.88 Å². The molecule has 3 unspecified atom stereocenters. The molecule has 6 nitrogen and oxygen atoms in total. The molecular formula is C15H15N3O3. The lowest BCUT2D eigenvalue weighted by Crippen LogP contribution is -2.36. The average molecular weight is 292 g/mol. The first-order valence-electron chi connectivity index (χ1n) is 9.81. The van der Waals surface area contributed by atoms with Crippen LogP contribution in [-0.2, 0) is 9.59 Å². The number of Topliss-reactive ketones (excluding diaryl/α,β-unsaturated/α-hetero) is 2. The number of rotatable bonds is 1. The summed E-state index contributed by atoms with van der Waals surface area (Å²) < 4.78 is 55.7. The summed E-state index contributed by atoms with van der Waals surface area (Å²) in [5, 5.41) is -0.452.